The molecule has 31 heavy (non-hydrogen) atoms. The minimum atomic E-state index is -0.250. The monoisotopic (exact) mass is 417 g/mol. The molecule has 0 aliphatic carbocycles. The summed E-state index contributed by atoms with van der Waals surface area (Å²) in [6, 6.07) is 10.3. The van der Waals surface area contributed by atoms with Gasteiger partial charge in [0.2, 0.25) is 0 Å². The highest BCUT2D eigenvalue weighted by Gasteiger charge is 2.22. The van der Waals surface area contributed by atoms with Gasteiger partial charge in [0.1, 0.15) is 29.1 Å². The minimum absolute atomic E-state index is 0.120. The van der Waals surface area contributed by atoms with Crippen molar-refractivity contribution < 1.29 is 9.13 Å². The van der Waals surface area contributed by atoms with E-state index in [1.165, 1.54) is 12.1 Å². The highest BCUT2D eigenvalue weighted by Crippen LogP contribution is 2.27. The number of hydrogen-bond donors (Lipinski definition) is 0. The Morgan fingerprint density at radius 3 is 2.58 bits per heavy atom. The van der Waals surface area contributed by atoms with E-state index in [1.807, 2.05) is 29.8 Å². The van der Waals surface area contributed by atoms with E-state index >= 15 is 0 Å². The summed E-state index contributed by atoms with van der Waals surface area (Å²) >= 11 is 0. The fraction of sp³-hybridized carbons (Fsp3) is 0.292. The highest BCUT2D eigenvalue weighted by atomic mass is 19.1. The van der Waals surface area contributed by atoms with E-state index < -0.39 is 0 Å². The average molecular weight is 417 g/mol. The normalized spacial score (nSPS) is 14.9. The van der Waals surface area contributed by atoms with Crippen LogP contribution in [0, 0.1) is 19.7 Å². The lowest BCUT2D eigenvalue weighted by molar-refractivity contribution is 0.170. The lowest BCUT2D eigenvalue weighted by atomic mass is 10.1. The molecular weight excluding hydrogens is 393 g/mol. The van der Waals surface area contributed by atoms with E-state index in [0.29, 0.717) is 5.75 Å². The second kappa shape index (κ2) is 7.98. The number of ether oxygens (including phenoxy) is 1. The molecule has 4 heterocycles. The number of imidazole rings is 1. The average Bonchev–Trinajstić information content (AvgIpc) is 3.22. The van der Waals surface area contributed by atoms with Gasteiger partial charge in [0.05, 0.1) is 0 Å². The molecule has 0 bridgehead atoms. The van der Waals surface area contributed by atoms with Gasteiger partial charge in [-0.25, -0.2) is 19.3 Å². The SMILES string of the molecule is Cc1cc(N2CCC(Oc3ccc(F)cc3)CC2)nc(-c2cn3ccnc3cc2C)n1. The number of nitrogens with zero attached hydrogens (tertiary/aromatic N) is 5. The molecule has 1 fully saturated rings. The number of piperidine rings is 1. The van der Waals surface area contributed by atoms with Gasteiger partial charge in [0, 0.05) is 61.8 Å². The molecule has 0 amide bonds. The Labute approximate surface area is 180 Å². The van der Waals surface area contributed by atoms with Crippen molar-refractivity contribution in [3.05, 3.63) is 72.1 Å². The van der Waals surface area contributed by atoms with Crippen molar-refractivity contribution in [2.75, 3.05) is 18.0 Å². The maximum Gasteiger partial charge on any atom is 0.163 e. The highest BCUT2D eigenvalue weighted by molar-refractivity contribution is 5.64. The number of aryl methyl sites for hydroxylation is 2. The van der Waals surface area contributed by atoms with Gasteiger partial charge in [-0.1, -0.05) is 0 Å². The quantitative estimate of drug-likeness (QED) is 0.486. The third kappa shape index (κ3) is 4.08. The Morgan fingerprint density at radius 2 is 1.81 bits per heavy atom. The molecule has 6 nitrogen and oxygen atoms in total. The first-order valence-corrected chi connectivity index (χ1v) is 10.5. The molecule has 0 unspecified atom stereocenters. The van der Waals surface area contributed by atoms with Crippen molar-refractivity contribution >= 4 is 11.5 Å². The van der Waals surface area contributed by atoms with Crippen molar-refractivity contribution in [2.24, 2.45) is 0 Å². The maximum absolute atomic E-state index is 13.1. The molecular formula is C24H24FN5O. The van der Waals surface area contributed by atoms with Crippen LogP contribution < -0.4 is 9.64 Å². The fourth-order valence-electron chi connectivity index (χ4n) is 4.03. The fourth-order valence-corrected chi connectivity index (χ4v) is 4.03. The van der Waals surface area contributed by atoms with E-state index in [9.17, 15) is 4.39 Å². The molecule has 0 saturated carbocycles. The zero-order valence-corrected chi connectivity index (χ0v) is 17.6. The van der Waals surface area contributed by atoms with Gasteiger partial charge in [0.25, 0.3) is 0 Å². The zero-order chi connectivity index (χ0) is 21.4. The number of pyridine rings is 1. The Morgan fingerprint density at radius 1 is 1.03 bits per heavy atom. The largest absolute Gasteiger partial charge is 0.490 e. The van der Waals surface area contributed by atoms with Gasteiger partial charge in [-0.15, -0.1) is 0 Å². The molecule has 1 saturated heterocycles. The number of halogens is 1. The molecule has 158 valence electrons. The summed E-state index contributed by atoms with van der Waals surface area (Å²) in [5.74, 6) is 2.13. The lowest BCUT2D eigenvalue weighted by Crippen LogP contribution is -2.38. The Balaban J connectivity index is 1.33. The Bertz CT molecular complexity index is 1210. The van der Waals surface area contributed by atoms with Crippen molar-refractivity contribution in [1.82, 2.24) is 19.4 Å². The number of fused-ring (bicyclic) bond motifs is 1. The van der Waals surface area contributed by atoms with Gasteiger partial charge < -0.3 is 14.0 Å². The van der Waals surface area contributed by atoms with Crippen molar-refractivity contribution in [3.8, 4) is 17.1 Å². The van der Waals surface area contributed by atoms with Gasteiger partial charge in [-0.3, -0.25) is 0 Å². The van der Waals surface area contributed by atoms with E-state index in [0.717, 1.165) is 60.0 Å². The second-order valence-corrected chi connectivity index (χ2v) is 8.01. The van der Waals surface area contributed by atoms with Crippen molar-refractivity contribution in [1.29, 1.82) is 0 Å². The van der Waals surface area contributed by atoms with E-state index in [-0.39, 0.29) is 11.9 Å². The van der Waals surface area contributed by atoms with Crippen molar-refractivity contribution in [2.45, 2.75) is 32.8 Å². The van der Waals surface area contributed by atoms with E-state index in [4.69, 9.17) is 14.7 Å². The number of anilines is 1. The molecule has 0 spiro atoms. The summed E-state index contributed by atoms with van der Waals surface area (Å²) in [4.78, 5) is 16.2. The summed E-state index contributed by atoms with van der Waals surface area (Å²) in [5.41, 5.74) is 3.96. The number of hydrogen-bond acceptors (Lipinski definition) is 5. The standard InChI is InChI=1S/C24H24FN5O/c1-16-13-22-26-9-12-30(22)15-21(16)24-27-17(2)14-23(28-24)29-10-7-20(8-11-29)31-19-5-3-18(25)4-6-19/h3-6,9,12-15,20H,7-8,10-11H2,1-2H3. The molecule has 1 aliphatic heterocycles. The molecule has 5 rings (SSSR count). The molecule has 1 aliphatic rings. The zero-order valence-electron chi connectivity index (χ0n) is 17.6. The molecule has 3 aromatic heterocycles. The minimum Gasteiger partial charge on any atom is -0.490 e. The molecule has 0 radical (unpaired) electrons. The van der Waals surface area contributed by atoms with E-state index in [1.54, 1.807) is 18.3 Å². The summed E-state index contributed by atoms with van der Waals surface area (Å²) in [6.07, 6.45) is 7.65. The molecule has 1 aromatic carbocycles. The molecule has 7 heteroatoms. The first kappa shape index (κ1) is 19.5. The Hall–Kier alpha value is -3.48. The van der Waals surface area contributed by atoms with Crippen molar-refractivity contribution in [3.63, 3.8) is 0 Å². The van der Waals surface area contributed by atoms with Gasteiger partial charge in [-0.2, -0.15) is 0 Å². The van der Waals surface area contributed by atoms with Crippen LogP contribution in [0.25, 0.3) is 17.0 Å². The van der Waals surface area contributed by atoms with Crippen LogP contribution in [0.2, 0.25) is 0 Å². The predicted molar refractivity (Wildman–Crippen MR) is 118 cm³/mol. The predicted octanol–water partition coefficient (Wildman–Crippen LogP) is 4.60. The van der Waals surface area contributed by atoms with Crippen LogP contribution in [-0.2, 0) is 0 Å². The Kier molecular flexibility index (Phi) is 5.02. The lowest BCUT2D eigenvalue weighted by Gasteiger charge is -2.33. The third-order valence-corrected chi connectivity index (χ3v) is 5.70. The van der Waals surface area contributed by atoms with Crippen LogP contribution in [0.3, 0.4) is 0 Å². The summed E-state index contributed by atoms with van der Waals surface area (Å²) in [5, 5.41) is 0. The van der Waals surface area contributed by atoms with Gasteiger partial charge in [0.15, 0.2) is 5.82 Å². The summed E-state index contributed by atoms with van der Waals surface area (Å²) in [6.45, 7) is 5.76. The number of aromatic nitrogens is 4. The molecule has 0 atom stereocenters. The first-order valence-electron chi connectivity index (χ1n) is 10.5. The van der Waals surface area contributed by atoms with Crippen LogP contribution in [0.5, 0.6) is 5.75 Å². The third-order valence-electron chi connectivity index (χ3n) is 5.70. The number of benzene rings is 1. The van der Waals surface area contributed by atoms with Crippen LogP contribution in [0.15, 0.2) is 55.0 Å². The van der Waals surface area contributed by atoms with Crippen LogP contribution >= 0.6 is 0 Å². The second-order valence-electron chi connectivity index (χ2n) is 8.01. The van der Waals surface area contributed by atoms with Crippen LogP contribution in [0.4, 0.5) is 10.2 Å². The van der Waals surface area contributed by atoms with Crippen LogP contribution in [-0.4, -0.2) is 38.5 Å². The first-order chi connectivity index (χ1) is 15.0. The van der Waals surface area contributed by atoms with Crippen LogP contribution in [0.1, 0.15) is 24.1 Å². The molecule has 4 aromatic rings. The van der Waals surface area contributed by atoms with Gasteiger partial charge in [-0.05, 0) is 49.7 Å². The summed E-state index contributed by atoms with van der Waals surface area (Å²) < 4.78 is 21.1. The number of rotatable bonds is 4. The summed E-state index contributed by atoms with van der Waals surface area (Å²) in [7, 11) is 0. The maximum atomic E-state index is 13.1. The van der Waals surface area contributed by atoms with Gasteiger partial charge >= 0.3 is 0 Å². The topological polar surface area (TPSA) is 55.5 Å². The van der Waals surface area contributed by atoms with E-state index in [2.05, 4.69) is 22.9 Å². The molecule has 0 N–H and O–H groups in total. The smallest absolute Gasteiger partial charge is 0.163 e.